The smallest absolute Gasteiger partial charge is 0.107 e. The Hall–Kier alpha value is -4.62. The topological polar surface area (TPSA) is 93.7 Å². The number of rotatable bonds is 6. The standard InChI is InChI=1S/C30H26N6O/c1-30(18-19-37)31-27-13-7-12-23-26(16-17-28(32-30)29(23)27)36-35-25-15-14-24(21-10-5-6-11-22(21)25)34-33-20-8-3-2-4-9-20/h2-17,31-32,37H,18-19H2,1H3/b34-33+,36-35+. The quantitative estimate of drug-likeness (QED) is 0.209. The van der Waals surface area contributed by atoms with Crippen molar-refractivity contribution in [3.8, 4) is 0 Å². The van der Waals surface area contributed by atoms with E-state index in [9.17, 15) is 5.11 Å². The van der Waals surface area contributed by atoms with Crippen LogP contribution >= 0.6 is 0 Å². The number of nitrogens with one attached hydrogen (secondary N) is 2. The molecular weight excluding hydrogens is 460 g/mol. The highest BCUT2D eigenvalue weighted by Gasteiger charge is 2.29. The number of azo groups is 2. The number of nitrogens with zero attached hydrogens (tertiary/aromatic N) is 4. The largest absolute Gasteiger partial charge is 0.396 e. The lowest BCUT2D eigenvalue weighted by Crippen LogP contribution is -2.45. The molecule has 0 aliphatic carbocycles. The van der Waals surface area contributed by atoms with E-state index in [-0.39, 0.29) is 6.61 Å². The van der Waals surface area contributed by atoms with E-state index in [2.05, 4.69) is 43.2 Å². The van der Waals surface area contributed by atoms with Crippen molar-refractivity contribution in [2.24, 2.45) is 20.5 Å². The summed E-state index contributed by atoms with van der Waals surface area (Å²) in [5.41, 5.74) is 4.74. The van der Waals surface area contributed by atoms with Crippen LogP contribution in [0.5, 0.6) is 0 Å². The average molecular weight is 487 g/mol. The summed E-state index contributed by atoms with van der Waals surface area (Å²) >= 11 is 0. The van der Waals surface area contributed by atoms with Crippen LogP contribution < -0.4 is 10.6 Å². The monoisotopic (exact) mass is 486 g/mol. The minimum absolute atomic E-state index is 0.0917. The van der Waals surface area contributed by atoms with Crippen LogP contribution in [0.25, 0.3) is 21.5 Å². The minimum atomic E-state index is -0.419. The second-order valence-electron chi connectivity index (χ2n) is 9.30. The number of hydrogen-bond acceptors (Lipinski definition) is 7. The number of hydrogen-bond donors (Lipinski definition) is 3. The fourth-order valence-electron chi connectivity index (χ4n) is 4.82. The normalized spacial score (nSPS) is 16.9. The van der Waals surface area contributed by atoms with E-state index >= 15 is 0 Å². The average Bonchev–Trinajstić information content (AvgIpc) is 2.92. The van der Waals surface area contributed by atoms with Crippen LogP contribution in [-0.4, -0.2) is 17.4 Å². The molecule has 0 amide bonds. The van der Waals surface area contributed by atoms with Crippen molar-refractivity contribution in [3.63, 3.8) is 0 Å². The van der Waals surface area contributed by atoms with E-state index in [0.29, 0.717) is 6.42 Å². The molecule has 3 N–H and O–H groups in total. The molecule has 5 aromatic carbocycles. The molecule has 7 heteroatoms. The van der Waals surface area contributed by atoms with Gasteiger partial charge in [0, 0.05) is 45.9 Å². The summed E-state index contributed by atoms with van der Waals surface area (Å²) in [6.07, 6.45) is 0.582. The van der Waals surface area contributed by atoms with Gasteiger partial charge < -0.3 is 15.7 Å². The van der Waals surface area contributed by atoms with Gasteiger partial charge in [-0.15, -0.1) is 15.3 Å². The van der Waals surface area contributed by atoms with E-state index in [4.69, 9.17) is 0 Å². The Morgan fingerprint density at radius 3 is 1.81 bits per heavy atom. The molecular formula is C30H26N6O. The molecule has 5 aromatic rings. The highest BCUT2D eigenvalue weighted by atomic mass is 16.3. The molecule has 7 nitrogen and oxygen atoms in total. The Balaban J connectivity index is 1.36. The van der Waals surface area contributed by atoms with Gasteiger partial charge in [-0.25, -0.2) is 0 Å². The van der Waals surface area contributed by atoms with Gasteiger partial charge in [0.1, 0.15) is 5.66 Å². The number of aliphatic hydroxyl groups is 1. The second kappa shape index (κ2) is 9.44. The Kier molecular flexibility index (Phi) is 5.82. The molecule has 1 atom stereocenters. The van der Waals surface area contributed by atoms with Crippen molar-refractivity contribution in [2.75, 3.05) is 17.2 Å². The Bertz CT molecular complexity index is 1650. The molecule has 0 fully saturated rings. The van der Waals surface area contributed by atoms with Crippen molar-refractivity contribution in [2.45, 2.75) is 19.0 Å². The van der Waals surface area contributed by atoms with Gasteiger partial charge in [-0.3, -0.25) is 0 Å². The molecule has 6 rings (SSSR count). The lowest BCUT2D eigenvalue weighted by Gasteiger charge is -2.38. The first kappa shape index (κ1) is 22.8. The number of fused-ring (bicyclic) bond motifs is 1. The third-order valence-corrected chi connectivity index (χ3v) is 6.62. The molecule has 0 saturated heterocycles. The molecule has 0 spiro atoms. The molecule has 0 radical (unpaired) electrons. The number of anilines is 2. The van der Waals surface area contributed by atoms with Crippen LogP contribution in [0, 0.1) is 0 Å². The number of benzene rings is 5. The lowest BCUT2D eigenvalue weighted by molar-refractivity contribution is 0.263. The molecule has 1 heterocycles. The van der Waals surface area contributed by atoms with Crippen molar-refractivity contribution in [1.29, 1.82) is 0 Å². The Morgan fingerprint density at radius 2 is 1.14 bits per heavy atom. The van der Waals surface area contributed by atoms with Crippen molar-refractivity contribution in [3.05, 3.63) is 97.1 Å². The Labute approximate surface area is 214 Å². The second-order valence-corrected chi connectivity index (χ2v) is 9.30. The zero-order chi connectivity index (χ0) is 25.2. The summed E-state index contributed by atoms with van der Waals surface area (Å²) in [6, 6.07) is 31.7. The molecule has 182 valence electrons. The third-order valence-electron chi connectivity index (χ3n) is 6.62. The fraction of sp³-hybridized carbons (Fsp3) is 0.133. The van der Waals surface area contributed by atoms with Gasteiger partial charge in [0.15, 0.2) is 0 Å². The molecule has 0 saturated carbocycles. The highest BCUT2D eigenvalue weighted by molar-refractivity contribution is 6.09. The molecule has 0 aromatic heterocycles. The van der Waals surface area contributed by atoms with Gasteiger partial charge in [0.25, 0.3) is 0 Å². The predicted molar refractivity (Wildman–Crippen MR) is 150 cm³/mol. The van der Waals surface area contributed by atoms with Crippen LogP contribution in [0.1, 0.15) is 13.3 Å². The van der Waals surface area contributed by atoms with Gasteiger partial charge in [-0.05, 0) is 49.4 Å². The molecule has 1 aliphatic heterocycles. The van der Waals surface area contributed by atoms with Gasteiger partial charge in [-0.1, -0.05) is 54.6 Å². The predicted octanol–water partition coefficient (Wildman–Crippen LogP) is 8.76. The molecule has 0 bridgehead atoms. The van der Waals surface area contributed by atoms with Gasteiger partial charge >= 0.3 is 0 Å². The zero-order valence-electron chi connectivity index (χ0n) is 20.4. The third kappa shape index (κ3) is 4.41. The molecule has 1 aliphatic rings. The van der Waals surface area contributed by atoms with Crippen molar-refractivity contribution in [1.82, 2.24) is 0 Å². The maximum atomic E-state index is 9.50. The summed E-state index contributed by atoms with van der Waals surface area (Å²) in [6.45, 7) is 2.14. The summed E-state index contributed by atoms with van der Waals surface area (Å²) < 4.78 is 0. The van der Waals surface area contributed by atoms with Crippen LogP contribution in [0.2, 0.25) is 0 Å². The van der Waals surface area contributed by atoms with Gasteiger partial charge in [0.2, 0.25) is 0 Å². The van der Waals surface area contributed by atoms with Crippen LogP contribution in [-0.2, 0) is 0 Å². The van der Waals surface area contributed by atoms with E-state index in [1.165, 1.54) is 0 Å². The maximum absolute atomic E-state index is 9.50. The van der Waals surface area contributed by atoms with Crippen molar-refractivity contribution < 1.29 is 5.11 Å². The lowest BCUT2D eigenvalue weighted by atomic mass is 9.97. The molecule has 1 unspecified atom stereocenters. The summed E-state index contributed by atoms with van der Waals surface area (Å²) in [5.74, 6) is 0. The summed E-state index contributed by atoms with van der Waals surface area (Å²) in [5, 5.41) is 38.7. The maximum Gasteiger partial charge on any atom is 0.107 e. The first-order valence-electron chi connectivity index (χ1n) is 12.3. The van der Waals surface area contributed by atoms with Crippen LogP contribution in [0.15, 0.2) is 118 Å². The zero-order valence-corrected chi connectivity index (χ0v) is 20.4. The highest BCUT2D eigenvalue weighted by Crippen LogP contribution is 2.43. The van der Waals surface area contributed by atoms with Gasteiger partial charge in [0.05, 0.1) is 22.7 Å². The number of aliphatic hydroxyl groups excluding tert-OH is 1. The molecule has 37 heavy (non-hydrogen) atoms. The van der Waals surface area contributed by atoms with E-state index in [0.717, 1.165) is 55.7 Å². The minimum Gasteiger partial charge on any atom is -0.396 e. The van der Waals surface area contributed by atoms with Crippen molar-refractivity contribution >= 4 is 55.7 Å². The van der Waals surface area contributed by atoms with E-state index in [1.54, 1.807) is 0 Å². The fourth-order valence-corrected chi connectivity index (χ4v) is 4.82. The van der Waals surface area contributed by atoms with Crippen LogP contribution in [0.3, 0.4) is 0 Å². The van der Waals surface area contributed by atoms with Gasteiger partial charge in [-0.2, -0.15) is 5.11 Å². The van der Waals surface area contributed by atoms with E-state index < -0.39 is 5.66 Å². The SMILES string of the molecule is CC1(CCO)Nc2cccc3c(/N=N/c4ccc(/N=N/c5ccccc5)c5ccccc45)ccc(c23)N1. The van der Waals surface area contributed by atoms with Crippen LogP contribution in [0.4, 0.5) is 34.1 Å². The Morgan fingerprint density at radius 1 is 0.595 bits per heavy atom. The summed E-state index contributed by atoms with van der Waals surface area (Å²) in [4.78, 5) is 0. The summed E-state index contributed by atoms with van der Waals surface area (Å²) in [7, 11) is 0. The van der Waals surface area contributed by atoms with E-state index in [1.807, 2.05) is 91.9 Å². The first-order valence-corrected chi connectivity index (χ1v) is 12.3. The first-order chi connectivity index (χ1) is 18.1.